The highest BCUT2D eigenvalue weighted by atomic mass is 19.1. The van der Waals surface area contributed by atoms with Crippen LogP contribution in [0.15, 0.2) is 6.33 Å². The van der Waals surface area contributed by atoms with Gasteiger partial charge in [0.1, 0.15) is 12.4 Å². The van der Waals surface area contributed by atoms with Gasteiger partial charge in [0.2, 0.25) is 5.91 Å². The molecule has 0 radical (unpaired) electrons. The lowest BCUT2D eigenvalue weighted by molar-refractivity contribution is -0.129. The number of carbonyl (C=O) groups is 1. The van der Waals surface area contributed by atoms with Gasteiger partial charge < -0.3 is 15.7 Å². The minimum absolute atomic E-state index is 0.167. The highest BCUT2D eigenvalue weighted by Gasteiger charge is 2.30. The summed E-state index contributed by atoms with van der Waals surface area (Å²) in [6.07, 6.45) is 1.91. The van der Waals surface area contributed by atoms with E-state index in [4.69, 9.17) is 5.73 Å². The van der Waals surface area contributed by atoms with Gasteiger partial charge in [0, 0.05) is 13.1 Å². The third kappa shape index (κ3) is 2.87. The molecule has 1 fully saturated rings. The largest absolute Gasteiger partial charge is 0.383 e. The van der Waals surface area contributed by atoms with Crippen molar-refractivity contribution in [3.05, 3.63) is 17.8 Å². The second-order valence-electron chi connectivity index (χ2n) is 4.98. The fourth-order valence-electron chi connectivity index (χ4n) is 2.52. The third-order valence-corrected chi connectivity index (χ3v) is 3.76. The van der Waals surface area contributed by atoms with Crippen molar-refractivity contribution in [2.45, 2.75) is 32.3 Å². The molecule has 0 saturated carbocycles. The summed E-state index contributed by atoms with van der Waals surface area (Å²) in [7, 11) is 0. The first-order chi connectivity index (χ1) is 9.54. The SMILES string of the molecule is CCc1ncnc(N2CCC([C@@H](O)C(N)=O)CC2)c1F. The number of hydrogen-bond acceptors (Lipinski definition) is 5. The first-order valence-electron chi connectivity index (χ1n) is 6.76. The molecule has 1 atom stereocenters. The molecule has 2 rings (SSSR count). The van der Waals surface area contributed by atoms with Crippen molar-refractivity contribution in [1.82, 2.24) is 9.97 Å². The molecule has 0 aliphatic carbocycles. The summed E-state index contributed by atoms with van der Waals surface area (Å²) in [5, 5.41) is 9.65. The zero-order valence-electron chi connectivity index (χ0n) is 11.4. The molecule has 3 N–H and O–H groups in total. The Balaban J connectivity index is 2.06. The molecule has 1 saturated heterocycles. The predicted molar refractivity (Wildman–Crippen MR) is 71.5 cm³/mol. The summed E-state index contributed by atoms with van der Waals surface area (Å²) < 4.78 is 14.2. The molecule has 20 heavy (non-hydrogen) atoms. The van der Waals surface area contributed by atoms with E-state index in [1.165, 1.54) is 6.33 Å². The molecular weight excluding hydrogens is 263 g/mol. The van der Waals surface area contributed by atoms with Crippen LogP contribution in [0.3, 0.4) is 0 Å². The molecular formula is C13H19FN4O2. The van der Waals surface area contributed by atoms with Crippen LogP contribution in [0, 0.1) is 11.7 Å². The number of carbonyl (C=O) groups excluding carboxylic acids is 1. The fraction of sp³-hybridized carbons (Fsp3) is 0.615. The molecule has 1 aliphatic rings. The van der Waals surface area contributed by atoms with Crippen LogP contribution in [-0.4, -0.2) is 40.2 Å². The van der Waals surface area contributed by atoms with Gasteiger partial charge in [0.25, 0.3) is 0 Å². The monoisotopic (exact) mass is 282 g/mol. The average Bonchev–Trinajstić information content (AvgIpc) is 2.47. The Morgan fingerprint density at radius 2 is 2.20 bits per heavy atom. The maximum Gasteiger partial charge on any atom is 0.246 e. The quantitative estimate of drug-likeness (QED) is 0.825. The number of amides is 1. The van der Waals surface area contributed by atoms with Crippen LogP contribution in [0.5, 0.6) is 0 Å². The van der Waals surface area contributed by atoms with E-state index in [1.54, 1.807) is 0 Å². The molecule has 0 bridgehead atoms. The predicted octanol–water partition coefficient (Wildman–Crippen LogP) is 0.241. The number of anilines is 1. The zero-order valence-corrected chi connectivity index (χ0v) is 11.4. The van der Waals surface area contributed by atoms with Gasteiger partial charge in [-0.25, -0.2) is 14.4 Å². The van der Waals surface area contributed by atoms with Crippen LogP contribution in [-0.2, 0) is 11.2 Å². The fourth-order valence-corrected chi connectivity index (χ4v) is 2.52. The lowest BCUT2D eigenvalue weighted by Crippen LogP contribution is -2.43. The molecule has 7 heteroatoms. The summed E-state index contributed by atoms with van der Waals surface area (Å²) in [6.45, 7) is 2.91. The Hall–Kier alpha value is -1.76. The van der Waals surface area contributed by atoms with Crippen molar-refractivity contribution in [3.63, 3.8) is 0 Å². The highest BCUT2D eigenvalue weighted by Crippen LogP contribution is 2.26. The van der Waals surface area contributed by atoms with Gasteiger partial charge in [0.15, 0.2) is 11.6 Å². The first kappa shape index (κ1) is 14.6. The number of halogens is 1. The molecule has 1 aromatic heterocycles. The number of aliphatic hydroxyl groups excluding tert-OH is 1. The van der Waals surface area contributed by atoms with Crippen LogP contribution < -0.4 is 10.6 Å². The van der Waals surface area contributed by atoms with Crippen LogP contribution >= 0.6 is 0 Å². The second kappa shape index (κ2) is 6.13. The number of aliphatic hydroxyl groups is 1. The minimum atomic E-state index is -1.13. The first-order valence-corrected chi connectivity index (χ1v) is 6.76. The minimum Gasteiger partial charge on any atom is -0.383 e. The maximum atomic E-state index is 14.2. The Labute approximate surface area is 116 Å². The second-order valence-corrected chi connectivity index (χ2v) is 4.98. The molecule has 1 aliphatic heterocycles. The number of rotatable bonds is 4. The van der Waals surface area contributed by atoms with Crippen molar-refractivity contribution in [3.8, 4) is 0 Å². The summed E-state index contributed by atoms with van der Waals surface area (Å²) in [5.74, 6) is -0.961. The average molecular weight is 282 g/mol. The summed E-state index contributed by atoms with van der Waals surface area (Å²) in [5.41, 5.74) is 5.49. The Morgan fingerprint density at radius 1 is 1.55 bits per heavy atom. The Kier molecular flexibility index (Phi) is 4.49. The number of nitrogens with zero attached hydrogens (tertiary/aromatic N) is 3. The van der Waals surface area contributed by atoms with Crippen LogP contribution in [0.1, 0.15) is 25.5 Å². The van der Waals surface area contributed by atoms with E-state index in [2.05, 4.69) is 9.97 Å². The number of aryl methyl sites for hydroxylation is 1. The van der Waals surface area contributed by atoms with Crippen molar-refractivity contribution in [1.29, 1.82) is 0 Å². The van der Waals surface area contributed by atoms with E-state index in [0.29, 0.717) is 43.9 Å². The van der Waals surface area contributed by atoms with E-state index in [0.717, 1.165) is 0 Å². The summed E-state index contributed by atoms with van der Waals surface area (Å²) in [4.78, 5) is 20.7. The molecule has 110 valence electrons. The molecule has 2 heterocycles. The zero-order chi connectivity index (χ0) is 14.7. The van der Waals surface area contributed by atoms with E-state index < -0.39 is 12.0 Å². The molecule has 1 amide bonds. The Morgan fingerprint density at radius 3 is 2.75 bits per heavy atom. The van der Waals surface area contributed by atoms with Crippen molar-refractivity contribution in [2.75, 3.05) is 18.0 Å². The van der Waals surface area contributed by atoms with Gasteiger partial charge >= 0.3 is 0 Å². The molecule has 1 aromatic rings. The number of aromatic nitrogens is 2. The third-order valence-electron chi connectivity index (χ3n) is 3.76. The van der Waals surface area contributed by atoms with Crippen molar-refractivity contribution in [2.24, 2.45) is 11.7 Å². The number of primary amides is 1. The summed E-state index contributed by atoms with van der Waals surface area (Å²) >= 11 is 0. The van der Waals surface area contributed by atoms with Gasteiger partial charge in [0.05, 0.1) is 5.69 Å². The summed E-state index contributed by atoms with van der Waals surface area (Å²) in [6, 6.07) is 0. The topological polar surface area (TPSA) is 92.3 Å². The van der Waals surface area contributed by atoms with Crippen molar-refractivity contribution >= 4 is 11.7 Å². The molecule has 0 aromatic carbocycles. The van der Waals surface area contributed by atoms with Crippen LogP contribution in [0.2, 0.25) is 0 Å². The number of nitrogens with two attached hydrogens (primary N) is 1. The number of piperidine rings is 1. The van der Waals surface area contributed by atoms with Gasteiger partial charge in [-0.05, 0) is 25.2 Å². The normalized spacial score (nSPS) is 18.1. The highest BCUT2D eigenvalue weighted by molar-refractivity contribution is 5.78. The van der Waals surface area contributed by atoms with E-state index >= 15 is 0 Å². The van der Waals surface area contributed by atoms with Crippen LogP contribution in [0.4, 0.5) is 10.2 Å². The lowest BCUT2D eigenvalue weighted by atomic mass is 9.91. The van der Waals surface area contributed by atoms with Crippen LogP contribution in [0.25, 0.3) is 0 Å². The smallest absolute Gasteiger partial charge is 0.246 e. The van der Waals surface area contributed by atoms with E-state index in [1.807, 2.05) is 11.8 Å². The lowest BCUT2D eigenvalue weighted by Gasteiger charge is -2.34. The Bertz CT molecular complexity index is 489. The van der Waals surface area contributed by atoms with Crippen molar-refractivity contribution < 1.29 is 14.3 Å². The molecule has 0 unspecified atom stereocenters. The van der Waals surface area contributed by atoms with Gasteiger partial charge in [-0.1, -0.05) is 6.92 Å². The molecule has 6 nitrogen and oxygen atoms in total. The standard InChI is InChI=1S/C13H19FN4O2/c1-2-9-10(14)13(17-7-16-9)18-5-3-8(4-6-18)11(19)12(15)20/h7-8,11,19H,2-6H2,1H3,(H2,15,20)/t11-/m1/s1. The number of hydrogen-bond donors (Lipinski definition) is 2. The molecule has 0 spiro atoms. The maximum absolute atomic E-state index is 14.2. The van der Waals surface area contributed by atoms with Gasteiger partial charge in [-0.2, -0.15) is 0 Å². The van der Waals surface area contributed by atoms with Gasteiger partial charge in [-0.3, -0.25) is 4.79 Å². The van der Waals surface area contributed by atoms with Gasteiger partial charge in [-0.15, -0.1) is 0 Å². The van der Waals surface area contributed by atoms with E-state index in [-0.39, 0.29) is 11.7 Å². The van der Waals surface area contributed by atoms with E-state index in [9.17, 15) is 14.3 Å².